The standard InChI is InChI=1S/C64H98N8O4/c1-5-7-9-11-13-15-17-19-21-23-25-27-29-31-33-35-45-65-63(75)67-55-39-43-59(61(73)49-55)71-69-57-41-37-53(47-51(57)3)54-38-42-58(52(4)48-54)70-72-60-44-40-56(50-62(60)74)68-64(76)66-46-36-34-32-30-28-26-24-22-20-18-16-14-12-10-8-6-2/h37-44,47-50,73-74H,5-36,45-46H2,1-4H3,(H2,65,67,75)(H2,66,68,76). The quantitative estimate of drug-likeness (QED) is 0.0192. The number of carbonyl (C=O) groups is 2. The Kier molecular flexibility index (Phi) is 32.7. The Morgan fingerprint density at radius 1 is 0.355 bits per heavy atom. The third kappa shape index (κ3) is 27.3. The number of hydrogen-bond acceptors (Lipinski definition) is 8. The number of benzene rings is 4. The van der Waals surface area contributed by atoms with E-state index in [0.717, 1.165) is 47.9 Å². The average Bonchev–Trinajstić information content (AvgIpc) is 3.40. The van der Waals surface area contributed by atoms with Crippen LogP contribution in [0.5, 0.6) is 11.5 Å². The maximum atomic E-state index is 12.5. The van der Waals surface area contributed by atoms with E-state index in [4.69, 9.17) is 0 Å². The highest BCUT2D eigenvalue weighted by Gasteiger charge is 2.10. The van der Waals surface area contributed by atoms with E-state index >= 15 is 0 Å². The molecule has 12 heteroatoms. The first-order valence-electron chi connectivity index (χ1n) is 30.0. The number of aromatic hydroxyl groups is 2. The topological polar surface area (TPSA) is 172 Å². The summed E-state index contributed by atoms with van der Waals surface area (Å²) in [6.07, 6.45) is 42.0. The summed E-state index contributed by atoms with van der Waals surface area (Å²) in [5.74, 6) is -0.165. The monoisotopic (exact) mass is 1040 g/mol. The number of carbonyl (C=O) groups excluding carboxylic acids is 2. The van der Waals surface area contributed by atoms with Gasteiger partial charge in [0, 0.05) is 36.6 Å². The summed E-state index contributed by atoms with van der Waals surface area (Å²) < 4.78 is 0. The Morgan fingerprint density at radius 3 is 0.895 bits per heavy atom. The average molecular weight is 1040 g/mol. The van der Waals surface area contributed by atoms with Gasteiger partial charge in [-0.1, -0.05) is 219 Å². The molecule has 0 aliphatic rings. The molecule has 0 atom stereocenters. The maximum Gasteiger partial charge on any atom is 0.319 e. The number of nitrogens with zero attached hydrogens (tertiary/aromatic N) is 4. The molecule has 0 saturated carbocycles. The lowest BCUT2D eigenvalue weighted by atomic mass is 10.0. The second-order valence-electron chi connectivity index (χ2n) is 21.2. The molecule has 4 aromatic rings. The van der Waals surface area contributed by atoms with Gasteiger partial charge >= 0.3 is 12.1 Å². The van der Waals surface area contributed by atoms with Gasteiger partial charge < -0.3 is 31.5 Å². The van der Waals surface area contributed by atoms with Gasteiger partial charge in [0.25, 0.3) is 0 Å². The Hall–Kier alpha value is -5.78. The summed E-state index contributed by atoms with van der Waals surface area (Å²) >= 11 is 0. The summed E-state index contributed by atoms with van der Waals surface area (Å²) in [5, 5.41) is 50.3. The van der Waals surface area contributed by atoms with Gasteiger partial charge in [0.1, 0.15) is 22.9 Å². The zero-order chi connectivity index (χ0) is 54.3. The van der Waals surface area contributed by atoms with Gasteiger partial charge in [-0.15, -0.1) is 10.2 Å². The molecular weight excluding hydrogens is 945 g/mol. The smallest absolute Gasteiger partial charge is 0.319 e. The Balaban J connectivity index is 1.08. The van der Waals surface area contributed by atoms with Crippen molar-refractivity contribution in [3.63, 3.8) is 0 Å². The highest BCUT2D eigenvalue weighted by molar-refractivity contribution is 5.90. The number of aryl methyl sites for hydroxylation is 2. The molecule has 418 valence electrons. The first-order valence-corrected chi connectivity index (χ1v) is 30.0. The second-order valence-corrected chi connectivity index (χ2v) is 21.2. The minimum Gasteiger partial charge on any atom is -0.506 e. The van der Waals surface area contributed by atoms with Crippen molar-refractivity contribution < 1.29 is 19.8 Å². The van der Waals surface area contributed by atoms with E-state index in [0.29, 0.717) is 47.2 Å². The number of amides is 4. The molecule has 4 aromatic carbocycles. The van der Waals surface area contributed by atoms with Gasteiger partial charge in [-0.2, -0.15) is 10.2 Å². The summed E-state index contributed by atoms with van der Waals surface area (Å²) in [4.78, 5) is 25.0. The Morgan fingerprint density at radius 2 is 0.618 bits per heavy atom. The lowest BCUT2D eigenvalue weighted by Gasteiger charge is -2.09. The molecule has 0 aliphatic carbocycles. The number of hydrogen-bond donors (Lipinski definition) is 6. The van der Waals surface area contributed by atoms with Crippen molar-refractivity contribution in [2.24, 2.45) is 20.5 Å². The molecule has 76 heavy (non-hydrogen) atoms. The number of phenols is 2. The molecule has 0 unspecified atom stereocenters. The van der Waals surface area contributed by atoms with Gasteiger partial charge in [0.05, 0.1) is 11.4 Å². The van der Waals surface area contributed by atoms with Crippen molar-refractivity contribution in [3.05, 3.63) is 83.9 Å². The molecule has 6 N–H and O–H groups in total. The van der Waals surface area contributed by atoms with Gasteiger partial charge in [-0.05, 0) is 97.5 Å². The molecule has 0 aliphatic heterocycles. The third-order valence-electron chi connectivity index (χ3n) is 14.4. The van der Waals surface area contributed by atoms with Crippen molar-refractivity contribution in [3.8, 4) is 22.6 Å². The van der Waals surface area contributed by atoms with Crippen molar-refractivity contribution in [1.29, 1.82) is 0 Å². The van der Waals surface area contributed by atoms with Gasteiger partial charge in [-0.3, -0.25) is 0 Å². The van der Waals surface area contributed by atoms with Crippen molar-refractivity contribution in [1.82, 2.24) is 10.6 Å². The molecule has 0 bridgehead atoms. The fourth-order valence-electron chi connectivity index (χ4n) is 9.58. The zero-order valence-corrected chi connectivity index (χ0v) is 47.5. The lowest BCUT2D eigenvalue weighted by Crippen LogP contribution is -2.29. The summed E-state index contributed by atoms with van der Waals surface area (Å²) in [6.45, 7) is 9.69. The van der Waals surface area contributed by atoms with Crippen LogP contribution in [0.4, 0.5) is 43.7 Å². The molecular formula is C64H98N8O4. The van der Waals surface area contributed by atoms with Crippen LogP contribution in [0.2, 0.25) is 0 Å². The first kappa shape index (κ1) is 62.8. The van der Waals surface area contributed by atoms with Gasteiger partial charge in [0.2, 0.25) is 0 Å². The van der Waals surface area contributed by atoms with Crippen molar-refractivity contribution in [2.75, 3.05) is 23.7 Å². The first-order chi connectivity index (χ1) is 37.2. The van der Waals surface area contributed by atoms with E-state index in [9.17, 15) is 19.8 Å². The van der Waals surface area contributed by atoms with Crippen LogP contribution in [-0.2, 0) is 0 Å². The molecule has 0 heterocycles. The molecule has 0 saturated heterocycles. The summed E-state index contributed by atoms with van der Waals surface area (Å²) in [5.41, 5.74) is 6.65. The zero-order valence-electron chi connectivity index (χ0n) is 47.5. The van der Waals surface area contributed by atoms with Gasteiger partial charge in [-0.25, -0.2) is 9.59 Å². The van der Waals surface area contributed by atoms with E-state index < -0.39 is 0 Å². The molecule has 12 nitrogen and oxygen atoms in total. The minimum atomic E-state index is -0.298. The van der Waals surface area contributed by atoms with E-state index in [1.165, 1.54) is 192 Å². The highest BCUT2D eigenvalue weighted by Crippen LogP contribution is 2.35. The van der Waals surface area contributed by atoms with Crippen molar-refractivity contribution >= 4 is 46.2 Å². The number of rotatable bonds is 41. The van der Waals surface area contributed by atoms with Crippen LogP contribution < -0.4 is 21.3 Å². The van der Waals surface area contributed by atoms with Gasteiger partial charge in [0.15, 0.2) is 0 Å². The molecule has 0 aromatic heterocycles. The second kappa shape index (κ2) is 39.6. The predicted molar refractivity (Wildman–Crippen MR) is 319 cm³/mol. The van der Waals surface area contributed by atoms with E-state index in [-0.39, 0.29) is 23.6 Å². The molecule has 4 amide bonds. The van der Waals surface area contributed by atoms with Crippen LogP contribution in [0.1, 0.15) is 230 Å². The number of phenolic OH excluding ortho intramolecular Hbond substituents is 2. The molecule has 0 radical (unpaired) electrons. The minimum absolute atomic E-state index is 0.0826. The summed E-state index contributed by atoms with van der Waals surface area (Å²) in [7, 11) is 0. The highest BCUT2D eigenvalue weighted by atomic mass is 16.3. The summed E-state index contributed by atoms with van der Waals surface area (Å²) in [6, 6.07) is 20.8. The Labute approximate surface area is 458 Å². The van der Waals surface area contributed by atoms with Crippen molar-refractivity contribution in [2.45, 2.75) is 233 Å². The van der Waals surface area contributed by atoms with Crippen LogP contribution in [0.25, 0.3) is 11.1 Å². The predicted octanol–water partition coefficient (Wildman–Crippen LogP) is 21.0. The van der Waals surface area contributed by atoms with Crippen LogP contribution in [-0.4, -0.2) is 35.4 Å². The van der Waals surface area contributed by atoms with E-state index in [1.54, 1.807) is 24.3 Å². The largest absolute Gasteiger partial charge is 0.506 e. The fraction of sp³-hybridized carbons (Fsp3) is 0.594. The number of nitrogens with one attached hydrogen (secondary N) is 4. The maximum absolute atomic E-state index is 12.5. The molecule has 0 spiro atoms. The number of unbranched alkanes of at least 4 members (excludes halogenated alkanes) is 30. The molecule has 0 fully saturated rings. The normalized spacial score (nSPS) is 11.5. The number of anilines is 2. The fourth-order valence-corrected chi connectivity index (χ4v) is 9.58. The SMILES string of the molecule is CCCCCCCCCCCCCCCCCCNC(=O)Nc1ccc(N=Nc2ccc(-c3ccc(N=Nc4ccc(NC(=O)NCCCCCCCCCCCCCCCCCC)cc4O)c(C)c3)cc2C)c(O)c1. The Bertz CT molecular complexity index is 2140. The van der Waals surface area contributed by atoms with Crippen LogP contribution in [0, 0.1) is 13.8 Å². The van der Waals surface area contributed by atoms with E-state index in [2.05, 4.69) is 55.6 Å². The van der Waals surface area contributed by atoms with Crippen LogP contribution in [0.3, 0.4) is 0 Å². The third-order valence-corrected chi connectivity index (χ3v) is 14.4. The lowest BCUT2D eigenvalue weighted by molar-refractivity contribution is 0.251. The van der Waals surface area contributed by atoms with Crippen LogP contribution in [0.15, 0.2) is 93.3 Å². The number of urea groups is 2. The number of azo groups is 2. The van der Waals surface area contributed by atoms with Crippen LogP contribution >= 0.6 is 0 Å². The molecule has 4 rings (SSSR count). The van der Waals surface area contributed by atoms with E-state index in [1.807, 2.05) is 50.2 Å².